The Bertz CT molecular complexity index is 1080. The standard InChI is InChI=1S/C20H22F3N3O4S/c1-13(20(28)24-2)25(11-14-6-4-5-7-16(14)21)19(27)12-26(31(3,29)30)15-8-9-17(22)18(23)10-15/h4-10,13H,11-12H2,1-3H3,(H,24,28). The van der Waals surface area contributed by atoms with E-state index in [0.717, 1.165) is 23.3 Å². The van der Waals surface area contributed by atoms with Crippen LogP contribution < -0.4 is 9.62 Å². The molecule has 7 nitrogen and oxygen atoms in total. The van der Waals surface area contributed by atoms with Gasteiger partial charge in [-0.3, -0.25) is 13.9 Å². The van der Waals surface area contributed by atoms with Gasteiger partial charge in [-0.15, -0.1) is 0 Å². The molecule has 1 N–H and O–H groups in total. The highest BCUT2D eigenvalue weighted by atomic mass is 32.2. The molecule has 0 aliphatic rings. The lowest BCUT2D eigenvalue weighted by Crippen LogP contribution is -2.50. The summed E-state index contributed by atoms with van der Waals surface area (Å²) in [6.07, 6.45) is 0.797. The fraction of sp³-hybridized carbons (Fsp3) is 0.300. The topological polar surface area (TPSA) is 86.8 Å². The zero-order valence-corrected chi connectivity index (χ0v) is 17.9. The SMILES string of the molecule is CNC(=O)C(C)N(Cc1ccccc1F)C(=O)CN(c1ccc(F)c(F)c1)S(C)(=O)=O. The van der Waals surface area contributed by atoms with Crippen LogP contribution in [0, 0.1) is 17.5 Å². The molecule has 2 aromatic rings. The van der Waals surface area contributed by atoms with Gasteiger partial charge >= 0.3 is 0 Å². The molecule has 0 aliphatic heterocycles. The van der Waals surface area contributed by atoms with Crippen molar-refractivity contribution in [3.63, 3.8) is 0 Å². The maximum absolute atomic E-state index is 14.1. The molecule has 0 aliphatic carbocycles. The number of nitrogens with one attached hydrogen (secondary N) is 1. The summed E-state index contributed by atoms with van der Waals surface area (Å²) in [4.78, 5) is 26.2. The predicted octanol–water partition coefficient (Wildman–Crippen LogP) is 2.03. The van der Waals surface area contributed by atoms with Crippen LogP contribution in [-0.2, 0) is 26.2 Å². The molecule has 0 heterocycles. The Morgan fingerprint density at radius 1 is 1.03 bits per heavy atom. The van der Waals surface area contributed by atoms with Gasteiger partial charge in [-0.25, -0.2) is 21.6 Å². The van der Waals surface area contributed by atoms with Gasteiger partial charge < -0.3 is 10.2 Å². The minimum absolute atomic E-state index is 0.116. The third-order valence-corrected chi connectivity index (χ3v) is 5.72. The van der Waals surface area contributed by atoms with Crippen LogP contribution in [0.5, 0.6) is 0 Å². The zero-order chi connectivity index (χ0) is 23.3. The Morgan fingerprint density at radius 3 is 2.23 bits per heavy atom. The molecule has 2 rings (SSSR count). The quantitative estimate of drug-likeness (QED) is 0.657. The van der Waals surface area contributed by atoms with Crippen molar-refractivity contribution in [1.29, 1.82) is 0 Å². The number of carbonyl (C=O) groups is 2. The monoisotopic (exact) mass is 457 g/mol. The number of carbonyl (C=O) groups excluding carboxylic acids is 2. The van der Waals surface area contributed by atoms with Crippen LogP contribution in [0.2, 0.25) is 0 Å². The maximum Gasteiger partial charge on any atom is 0.244 e. The van der Waals surface area contributed by atoms with Gasteiger partial charge in [0.25, 0.3) is 0 Å². The molecule has 0 radical (unpaired) electrons. The molecule has 0 saturated carbocycles. The molecular weight excluding hydrogens is 435 g/mol. The largest absolute Gasteiger partial charge is 0.357 e. The lowest BCUT2D eigenvalue weighted by molar-refractivity contribution is -0.139. The summed E-state index contributed by atoms with van der Waals surface area (Å²) in [5.74, 6) is -4.47. The Hall–Kier alpha value is -3.08. The van der Waals surface area contributed by atoms with Crippen LogP contribution in [0.15, 0.2) is 42.5 Å². The normalized spacial score (nSPS) is 12.2. The number of anilines is 1. The van der Waals surface area contributed by atoms with Gasteiger partial charge in [-0.2, -0.15) is 0 Å². The predicted molar refractivity (Wildman–Crippen MR) is 109 cm³/mol. The molecule has 0 bridgehead atoms. The zero-order valence-electron chi connectivity index (χ0n) is 17.1. The first-order valence-corrected chi connectivity index (χ1v) is 11.0. The highest BCUT2D eigenvalue weighted by Crippen LogP contribution is 2.22. The third-order valence-electron chi connectivity index (χ3n) is 4.58. The smallest absolute Gasteiger partial charge is 0.244 e. The van der Waals surface area contributed by atoms with E-state index in [2.05, 4.69) is 5.32 Å². The van der Waals surface area contributed by atoms with Gasteiger partial charge in [-0.1, -0.05) is 18.2 Å². The highest BCUT2D eigenvalue weighted by molar-refractivity contribution is 7.92. The number of hydrogen-bond donors (Lipinski definition) is 1. The summed E-state index contributed by atoms with van der Waals surface area (Å²) in [6, 6.07) is 6.95. The summed E-state index contributed by atoms with van der Waals surface area (Å²) in [7, 11) is -2.73. The van der Waals surface area contributed by atoms with Gasteiger partial charge in [0, 0.05) is 25.2 Å². The lowest BCUT2D eigenvalue weighted by Gasteiger charge is -2.31. The van der Waals surface area contributed by atoms with Crippen molar-refractivity contribution in [2.45, 2.75) is 19.5 Å². The van der Waals surface area contributed by atoms with Gasteiger partial charge in [0.15, 0.2) is 11.6 Å². The fourth-order valence-electron chi connectivity index (χ4n) is 2.86. The summed E-state index contributed by atoms with van der Waals surface area (Å²) in [5, 5.41) is 2.38. The second-order valence-corrected chi connectivity index (χ2v) is 8.68. The first-order valence-electron chi connectivity index (χ1n) is 9.13. The number of nitrogens with zero attached hydrogens (tertiary/aromatic N) is 2. The van der Waals surface area contributed by atoms with Crippen molar-refractivity contribution in [2.24, 2.45) is 0 Å². The van der Waals surface area contributed by atoms with Gasteiger partial charge in [-0.05, 0) is 25.1 Å². The van der Waals surface area contributed by atoms with Gasteiger partial charge in [0.1, 0.15) is 18.4 Å². The second-order valence-electron chi connectivity index (χ2n) is 6.77. The van der Waals surface area contributed by atoms with Crippen LogP contribution in [0.1, 0.15) is 12.5 Å². The van der Waals surface area contributed by atoms with E-state index in [1.54, 1.807) is 6.07 Å². The van der Waals surface area contributed by atoms with Crippen LogP contribution in [-0.4, -0.2) is 51.0 Å². The first-order chi connectivity index (χ1) is 14.5. The molecule has 11 heteroatoms. The Morgan fingerprint density at radius 2 is 1.68 bits per heavy atom. The van der Waals surface area contributed by atoms with Gasteiger partial charge in [0.05, 0.1) is 11.9 Å². The molecule has 0 saturated heterocycles. The Labute approximate surface area is 178 Å². The van der Waals surface area contributed by atoms with Crippen LogP contribution >= 0.6 is 0 Å². The number of rotatable bonds is 8. The number of halogens is 3. The van der Waals surface area contributed by atoms with Crippen molar-refractivity contribution in [3.8, 4) is 0 Å². The van der Waals surface area contributed by atoms with Crippen LogP contribution in [0.3, 0.4) is 0 Å². The number of benzene rings is 2. The molecule has 1 atom stereocenters. The average molecular weight is 457 g/mol. The fourth-order valence-corrected chi connectivity index (χ4v) is 3.70. The average Bonchev–Trinajstić information content (AvgIpc) is 2.71. The molecular formula is C20H22F3N3O4S. The van der Waals surface area contributed by atoms with Crippen LogP contribution in [0.25, 0.3) is 0 Å². The van der Waals surface area contributed by atoms with E-state index >= 15 is 0 Å². The van der Waals surface area contributed by atoms with E-state index in [4.69, 9.17) is 0 Å². The van der Waals surface area contributed by atoms with Crippen molar-refractivity contribution in [2.75, 3.05) is 24.2 Å². The number of sulfonamides is 1. The van der Waals surface area contributed by atoms with Gasteiger partial charge in [0.2, 0.25) is 21.8 Å². The van der Waals surface area contributed by atoms with E-state index in [-0.39, 0.29) is 17.8 Å². The lowest BCUT2D eigenvalue weighted by atomic mass is 10.1. The third kappa shape index (κ3) is 5.97. The summed E-state index contributed by atoms with van der Waals surface area (Å²) >= 11 is 0. The highest BCUT2D eigenvalue weighted by Gasteiger charge is 2.30. The van der Waals surface area contributed by atoms with E-state index in [1.165, 1.54) is 32.2 Å². The number of likely N-dealkylation sites (N-methyl/N-ethyl adjacent to an activating group) is 1. The van der Waals surface area contributed by atoms with E-state index < -0.39 is 51.9 Å². The van der Waals surface area contributed by atoms with Crippen LogP contribution in [0.4, 0.5) is 18.9 Å². The molecule has 0 fully saturated rings. The van der Waals surface area contributed by atoms with Crippen molar-refractivity contribution in [3.05, 3.63) is 65.5 Å². The first kappa shape index (κ1) is 24.2. The molecule has 0 spiro atoms. The van der Waals surface area contributed by atoms with Crippen molar-refractivity contribution >= 4 is 27.5 Å². The minimum atomic E-state index is -4.09. The molecule has 168 valence electrons. The maximum atomic E-state index is 14.1. The Balaban J connectivity index is 2.42. The van der Waals surface area contributed by atoms with E-state index in [0.29, 0.717) is 10.4 Å². The number of amides is 2. The Kier molecular flexibility index (Phi) is 7.66. The van der Waals surface area contributed by atoms with E-state index in [9.17, 15) is 31.2 Å². The molecule has 2 aromatic carbocycles. The summed E-state index contributed by atoms with van der Waals surface area (Å²) in [6.45, 7) is 0.287. The second kappa shape index (κ2) is 9.82. The molecule has 0 aromatic heterocycles. The summed E-state index contributed by atoms with van der Waals surface area (Å²) in [5.41, 5.74) is -0.154. The molecule has 1 unspecified atom stereocenters. The van der Waals surface area contributed by atoms with E-state index in [1.807, 2.05) is 0 Å². The number of hydrogen-bond acceptors (Lipinski definition) is 4. The van der Waals surface area contributed by atoms with Crippen molar-refractivity contribution in [1.82, 2.24) is 10.2 Å². The van der Waals surface area contributed by atoms with Crippen molar-refractivity contribution < 1.29 is 31.2 Å². The summed E-state index contributed by atoms with van der Waals surface area (Å²) < 4.78 is 66.2. The molecule has 2 amide bonds. The molecule has 31 heavy (non-hydrogen) atoms. The minimum Gasteiger partial charge on any atom is -0.357 e.